The van der Waals surface area contributed by atoms with Crippen LogP contribution in [0.2, 0.25) is 0 Å². The van der Waals surface area contributed by atoms with Crippen molar-refractivity contribution in [2.24, 2.45) is 5.73 Å². The zero-order chi connectivity index (χ0) is 16.0. The molecule has 2 aromatic carbocycles. The maximum Gasteiger partial charge on any atom is 0.279 e. The van der Waals surface area contributed by atoms with Gasteiger partial charge in [-0.2, -0.15) is 0 Å². The molecule has 4 rings (SSSR count). The molecule has 1 amide bonds. The Morgan fingerprint density at radius 3 is 2.43 bits per heavy atom. The van der Waals surface area contributed by atoms with Gasteiger partial charge < -0.3 is 10.7 Å². The number of rotatable bonds is 2. The number of carbonyl (C=O) groups excluding carboxylic acids is 1. The largest absolute Gasteiger partial charge is 0.366 e. The van der Waals surface area contributed by atoms with E-state index < -0.39 is 5.91 Å². The highest BCUT2D eigenvalue weighted by Crippen LogP contribution is 2.26. The fourth-order valence-corrected chi connectivity index (χ4v) is 2.92. The van der Waals surface area contributed by atoms with E-state index in [4.69, 9.17) is 5.73 Å². The van der Waals surface area contributed by atoms with Gasteiger partial charge in [0.25, 0.3) is 11.5 Å². The van der Waals surface area contributed by atoms with Gasteiger partial charge in [-0.25, -0.2) is 0 Å². The Bertz CT molecular complexity index is 1110. The summed E-state index contributed by atoms with van der Waals surface area (Å²) >= 11 is 0. The molecule has 2 heterocycles. The first-order valence-corrected chi connectivity index (χ1v) is 7.18. The topological polar surface area (TPSA) is 80.9 Å². The summed E-state index contributed by atoms with van der Waals surface area (Å²) in [6.45, 7) is 0. The summed E-state index contributed by atoms with van der Waals surface area (Å²) < 4.78 is 1.44. The number of benzene rings is 2. The van der Waals surface area contributed by atoms with Crippen LogP contribution in [0.3, 0.4) is 0 Å². The smallest absolute Gasteiger partial charge is 0.279 e. The van der Waals surface area contributed by atoms with Gasteiger partial charge in [-0.15, -0.1) is 0 Å². The summed E-state index contributed by atoms with van der Waals surface area (Å²) in [6.07, 6.45) is 1.52. The highest BCUT2D eigenvalue weighted by Gasteiger charge is 2.17. The molecule has 0 saturated carbocycles. The maximum absolute atomic E-state index is 12.9. The summed E-state index contributed by atoms with van der Waals surface area (Å²) in [6, 6.07) is 16.6. The number of nitrogens with two attached hydrogens (primary N) is 1. The number of para-hydroxylation sites is 2. The zero-order valence-corrected chi connectivity index (χ0v) is 12.1. The van der Waals surface area contributed by atoms with E-state index in [1.54, 1.807) is 12.1 Å². The highest BCUT2D eigenvalue weighted by molar-refractivity contribution is 6.17. The van der Waals surface area contributed by atoms with E-state index in [-0.39, 0.29) is 5.56 Å². The normalized spacial score (nSPS) is 11.1. The predicted octanol–water partition coefficient (Wildman–Crippen LogP) is 2.57. The first-order chi connectivity index (χ1) is 11.2. The maximum atomic E-state index is 12.9. The summed E-state index contributed by atoms with van der Waals surface area (Å²) in [7, 11) is 0. The summed E-state index contributed by atoms with van der Waals surface area (Å²) in [5.74, 6) is -0.565. The number of H-pyrrole nitrogens is 1. The summed E-state index contributed by atoms with van der Waals surface area (Å²) in [4.78, 5) is 27.9. The van der Waals surface area contributed by atoms with Crippen LogP contribution in [0.15, 0.2) is 65.6 Å². The van der Waals surface area contributed by atoms with Crippen molar-refractivity contribution in [3.8, 4) is 5.69 Å². The lowest BCUT2D eigenvalue weighted by molar-refractivity contribution is 0.100. The molecule has 0 aliphatic carbocycles. The lowest BCUT2D eigenvalue weighted by Gasteiger charge is -2.08. The number of carbonyl (C=O) groups is 1. The SMILES string of the molecule is NC(=O)c1cn(-c2ccccc2)c(=O)c2[nH]c3ccccc3c12. The molecule has 0 bridgehead atoms. The van der Waals surface area contributed by atoms with Crippen molar-refractivity contribution < 1.29 is 4.79 Å². The molecule has 0 aliphatic rings. The Labute approximate surface area is 131 Å². The second-order valence-electron chi connectivity index (χ2n) is 5.34. The lowest BCUT2D eigenvalue weighted by Crippen LogP contribution is -2.22. The second-order valence-corrected chi connectivity index (χ2v) is 5.34. The Morgan fingerprint density at radius 2 is 1.70 bits per heavy atom. The van der Waals surface area contributed by atoms with Gasteiger partial charge in [0, 0.05) is 28.2 Å². The number of nitrogens with zero attached hydrogens (tertiary/aromatic N) is 1. The molecular weight excluding hydrogens is 290 g/mol. The third-order valence-electron chi connectivity index (χ3n) is 3.97. The molecule has 0 radical (unpaired) electrons. The first-order valence-electron chi connectivity index (χ1n) is 7.18. The third-order valence-corrected chi connectivity index (χ3v) is 3.97. The number of primary amides is 1. The van der Waals surface area contributed by atoms with Gasteiger partial charge in [-0.1, -0.05) is 36.4 Å². The van der Waals surface area contributed by atoms with Gasteiger partial charge in [0.05, 0.1) is 5.56 Å². The molecule has 23 heavy (non-hydrogen) atoms. The predicted molar refractivity (Wildman–Crippen MR) is 89.9 cm³/mol. The number of hydrogen-bond acceptors (Lipinski definition) is 2. The van der Waals surface area contributed by atoms with Gasteiger partial charge in [0.15, 0.2) is 0 Å². The molecule has 0 unspecified atom stereocenters. The van der Waals surface area contributed by atoms with Crippen LogP contribution in [0.1, 0.15) is 10.4 Å². The number of amides is 1. The average Bonchev–Trinajstić information content (AvgIpc) is 2.96. The van der Waals surface area contributed by atoms with Crippen molar-refractivity contribution in [3.05, 3.63) is 76.7 Å². The van der Waals surface area contributed by atoms with Gasteiger partial charge in [-0.3, -0.25) is 14.2 Å². The molecule has 0 fully saturated rings. The van der Waals surface area contributed by atoms with Crippen molar-refractivity contribution in [2.75, 3.05) is 0 Å². The molecule has 0 spiro atoms. The quantitative estimate of drug-likeness (QED) is 0.597. The molecular formula is C18H13N3O2. The van der Waals surface area contributed by atoms with Crippen LogP contribution in [0.4, 0.5) is 0 Å². The van der Waals surface area contributed by atoms with E-state index in [9.17, 15) is 9.59 Å². The number of hydrogen-bond donors (Lipinski definition) is 2. The van der Waals surface area contributed by atoms with Gasteiger partial charge in [0.1, 0.15) is 5.52 Å². The highest BCUT2D eigenvalue weighted by atomic mass is 16.1. The van der Waals surface area contributed by atoms with Crippen molar-refractivity contribution in [1.82, 2.24) is 9.55 Å². The minimum atomic E-state index is -0.565. The van der Waals surface area contributed by atoms with Crippen LogP contribution in [0.25, 0.3) is 27.5 Å². The summed E-state index contributed by atoms with van der Waals surface area (Å²) in [5.41, 5.74) is 7.52. The van der Waals surface area contributed by atoms with E-state index in [1.165, 1.54) is 10.8 Å². The van der Waals surface area contributed by atoms with Crippen LogP contribution in [0, 0.1) is 0 Å². The summed E-state index contributed by atoms with van der Waals surface area (Å²) in [5, 5.41) is 1.39. The number of aromatic amines is 1. The lowest BCUT2D eigenvalue weighted by atomic mass is 10.1. The van der Waals surface area contributed by atoms with E-state index in [2.05, 4.69) is 4.98 Å². The first kappa shape index (κ1) is 13.3. The Morgan fingerprint density at radius 1 is 1.00 bits per heavy atom. The molecule has 0 aliphatic heterocycles. The molecule has 3 N–H and O–H groups in total. The van der Waals surface area contributed by atoms with Gasteiger partial charge in [0.2, 0.25) is 0 Å². The van der Waals surface area contributed by atoms with Crippen LogP contribution in [-0.4, -0.2) is 15.5 Å². The number of aromatic nitrogens is 2. The van der Waals surface area contributed by atoms with Crippen molar-refractivity contribution >= 4 is 27.7 Å². The van der Waals surface area contributed by atoms with Crippen molar-refractivity contribution in [2.45, 2.75) is 0 Å². The third kappa shape index (κ3) is 1.94. The van der Waals surface area contributed by atoms with Gasteiger partial charge >= 0.3 is 0 Å². The van der Waals surface area contributed by atoms with E-state index in [0.717, 1.165) is 10.9 Å². The number of nitrogens with one attached hydrogen (secondary N) is 1. The van der Waals surface area contributed by atoms with Gasteiger partial charge in [-0.05, 0) is 18.2 Å². The average molecular weight is 303 g/mol. The van der Waals surface area contributed by atoms with Crippen LogP contribution in [0.5, 0.6) is 0 Å². The molecule has 5 heteroatoms. The monoisotopic (exact) mass is 303 g/mol. The second kappa shape index (κ2) is 4.84. The molecule has 0 saturated heterocycles. The fourth-order valence-electron chi connectivity index (χ4n) is 2.92. The zero-order valence-electron chi connectivity index (χ0n) is 12.1. The van der Waals surface area contributed by atoms with E-state index in [1.807, 2.05) is 42.5 Å². The van der Waals surface area contributed by atoms with Crippen molar-refractivity contribution in [1.29, 1.82) is 0 Å². The minimum absolute atomic E-state index is 0.215. The fraction of sp³-hybridized carbons (Fsp3) is 0. The molecule has 0 atom stereocenters. The Kier molecular flexibility index (Phi) is 2.81. The Balaban J connectivity index is 2.20. The van der Waals surface area contributed by atoms with Crippen LogP contribution >= 0.6 is 0 Å². The molecule has 5 nitrogen and oxygen atoms in total. The molecule has 112 valence electrons. The standard InChI is InChI=1S/C18H13N3O2/c19-17(22)13-10-21(11-6-2-1-3-7-11)18(23)16-15(13)12-8-4-5-9-14(12)20-16/h1-10,20H,(H2,19,22). The number of fused-ring (bicyclic) bond motifs is 3. The van der Waals surface area contributed by atoms with Crippen molar-refractivity contribution in [3.63, 3.8) is 0 Å². The minimum Gasteiger partial charge on any atom is -0.366 e. The van der Waals surface area contributed by atoms with Crippen LogP contribution in [-0.2, 0) is 0 Å². The van der Waals surface area contributed by atoms with Crippen LogP contribution < -0.4 is 11.3 Å². The number of pyridine rings is 1. The molecule has 2 aromatic heterocycles. The molecule has 4 aromatic rings. The van der Waals surface area contributed by atoms with E-state index >= 15 is 0 Å². The Hall–Kier alpha value is -3.34. The van der Waals surface area contributed by atoms with E-state index in [0.29, 0.717) is 22.2 Å².